The maximum absolute atomic E-state index is 11.6. The van der Waals surface area contributed by atoms with Crippen LogP contribution in [0.25, 0.3) is 11.0 Å². The number of imidazole rings is 1. The summed E-state index contributed by atoms with van der Waals surface area (Å²) in [5.74, 6) is -0.543. The van der Waals surface area contributed by atoms with Crippen molar-refractivity contribution < 1.29 is 14.3 Å². The molecule has 0 aliphatic heterocycles. The second kappa shape index (κ2) is 6.42. The second-order valence-electron chi connectivity index (χ2n) is 4.09. The van der Waals surface area contributed by atoms with Gasteiger partial charge in [-0.25, -0.2) is 14.4 Å². The van der Waals surface area contributed by atoms with Crippen molar-refractivity contribution in [2.24, 2.45) is 0 Å². The van der Waals surface area contributed by atoms with Crippen LogP contribution in [-0.4, -0.2) is 35.1 Å². The molecule has 0 spiro atoms. The van der Waals surface area contributed by atoms with Crippen LogP contribution in [0.4, 0.5) is 10.5 Å². The number of urea groups is 1. The molecule has 0 atom stereocenters. The molecule has 8 nitrogen and oxygen atoms in total. The Hall–Kier alpha value is -3.03. The summed E-state index contributed by atoms with van der Waals surface area (Å²) in [4.78, 5) is 38.7. The summed E-state index contributed by atoms with van der Waals surface area (Å²) in [5, 5.41) is 5.12. The number of hydrogen-bond acceptors (Lipinski definition) is 4. The van der Waals surface area contributed by atoms with Crippen molar-refractivity contribution in [3.05, 3.63) is 41.3 Å². The van der Waals surface area contributed by atoms with Gasteiger partial charge in [-0.1, -0.05) is 6.58 Å². The van der Waals surface area contributed by atoms with Crippen LogP contribution in [0, 0.1) is 0 Å². The van der Waals surface area contributed by atoms with Gasteiger partial charge in [-0.2, -0.15) is 0 Å². The molecule has 1 aromatic carbocycles. The van der Waals surface area contributed by atoms with Gasteiger partial charge < -0.3 is 25.3 Å². The molecule has 0 fully saturated rings. The van der Waals surface area contributed by atoms with Crippen molar-refractivity contribution in [1.82, 2.24) is 15.3 Å². The van der Waals surface area contributed by atoms with Crippen molar-refractivity contribution in [2.45, 2.75) is 0 Å². The maximum atomic E-state index is 11.6. The Kier molecular flexibility index (Phi) is 4.39. The minimum absolute atomic E-state index is 0.0580. The Labute approximate surface area is 119 Å². The van der Waals surface area contributed by atoms with Crippen LogP contribution in [-0.2, 0) is 9.53 Å². The summed E-state index contributed by atoms with van der Waals surface area (Å²) in [7, 11) is 0. The van der Waals surface area contributed by atoms with Crippen molar-refractivity contribution in [3.8, 4) is 0 Å². The molecule has 1 heterocycles. The standard InChI is InChI=1S/C13H14N4O4/c1-2-11(18)21-6-5-14-12(19)15-8-3-4-9-10(7-8)17-13(20)16-9/h2-4,7H,1,5-6H2,(H2,14,15,19)(H2,16,17,20). The number of H-pyrrole nitrogens is 2. The van der Waals surface area contributed by atoms with Crippen LogP contribution in [0.1, 0.15) is 0 Å². The van der Waals surface area contributed by atoms with Crippen molar-refractivity contribution in [3.63, 3.8) is 0 Å². The number of amides is 2. The van der Waals surface area contributed by atoms with Gasteiger partial charge in [0.25, 0.3) is 0 Å². The molecule has 110 valence electrons. The Morgan fingerprint density at radius 2 is 2.05 bits per heavy atom. The average molecular weight is 290 g/mol. The van der Waals surface area contributed by atoms with Gasteiger partial charge in [-0.3, -0.25) is 0 Å². The predicted octanol–water partition coefficient (Wildman–Crippen LogP) is 0.707. The minimum atomic E-state index is -0.543. The van der Waals surface area contributed by atoms with E-state index < -0.39 is 12.0 Å². The summed E-state index contributed by atoms with van der Waals surface area (Å²) in [5.41, 5.74) is 1.47. The molecule has 0 aliphatic rings. The summed E-state index contributed by atoms with van der Waals surface area (Å²) in [6.07, 6.45) is 1.05. The lowest BCUT2D eigenvalue weighted by Gasteiger charge is -2.07. The largest absolute Gasteiger partial charge is 0.461 e. The summed E-state index contributed by atoms with van der Waals surface area (Å²) < 4.78 is 4.71. The molecule has 1 aromatic heterocycles. The van der Waals surface area contributed by atoms with Gasteiger partial charge in [0.15, 0.2) is 0 Å². The van der Waals surface area contributed by atoms with Crippen molar-refractivity contribution in [2.75, 3.05) is 18.5 Å². The molecule has 2 aromatic rings. The second-order valence-corrected chi connectivity index (χ2v) is 4.09. The number of aromatic amines is 2. The van der Waals surface area contributed by atoms with Crippen LogP contribution in [0.5, 0.6) is 0 Å². The van der Waals surface area contributed by atoms with E-state index in [0.29, 0.717) is 16.7 Å². The number of nitrogens with one attached hydrogen (secondary N) is 4. The van der Waals surface area contributed by atoms with E-state index >= 15 is 0 Å². The lowest BCUT2D eigenvalue weighted by atomic mass is 10.3. The van der Waals surface area contributed by atoms with Gasteiger partial charge >= 0.3 is 17.7 Å². The topological polar surface area (TPSA) is 116 Å². The quantitative estimate of drug-likeness (QED) is 0.368. The molecular formula is C13H14N4O4. The Bertz CT molecular complexity index is 731. The van der Waals surface area contributed by atoms with E-state index in [2.05, 4.69) is 27.2 Å². The Balaban J connectivity index is 1.84. The van der Waals surface area contributed by atoms with E-state index in [1.165, 1.54) is 0 Å². The molecule has 21 heavy (non-hydrogen) atoms. The average Bonchev–Trinajstić information content (AvgIpc) is 2.82. The number of carbonyl (C=O) groups is 2. The molecule has 0 unspecified atom stereocenters. The number of carbonyl (C=O) groups excluding carboxylic acids is 2. The summed E-state index contributed by atoms with van der Waals surface area (Å²) >= 11 is 0. The lowest BCUT2D eigenvalue weighted by Crippen LogP contribution is -2.31. The van der Waals surface area contributed by atoms with E-state index in [9.17, 15) is 14.4 Å². The first-order valence-corrected chi connectivity index (χ1v) is 6.14. The first kappa shape index (κ1) is 14.4. The van der Waals surface area contributed by atoms with E-state index in [-0.39, 0.29) is 18.8 Å². The highest BCUT2D eigenvalue weighted by atomic mass is 16.5. The van der Waals surface area contributed by atoms with Gasteiger partial charge in [0.2, 0.25) is 0 Å². The third-order valence-electron chi connectivity index (χ3n) is 2.57. The fourth-order valence-electron chi connectivity index (χ4n) is 1.66. The first-order valence-electron chi connectivity index (χ1n) is 6.14. The van der Waals surface area contributed by atoms with E-state index in [1.54, 1.807) is 18.2 Å². The number of anilines is 1. The fraction of sp³-hybridized carbons (Fsp3) is 0.154. The fourth-order valence-corrected chi connectivity index (χ4v) is 1.66. The van der Waals surface area contributed by atoms with Crippen LogP contribution in [0.15, 0.2) is 35.6 Å². The maximum Gasteiger partial charge on any atom is 0.330 e. The van der Waals surface area contributed by atoms with Crippen LogP contribution >= 0.6 is 0 Å². The molecule has 2 amide bonds. The molecule has 0 aliphatic carbocycles. The number of hydrogen-bond donors (Lipinski definition) is 4. The van der Waals surface area contributed by atoms with Gasteiger partial charge in [-0.15, -0.1) is 0 Å². The number of rotatable bonds is 5. The van der Waals surface area contributed by atoms with E-state index in [0.717, 1.165) is 6.08 Å². The van der Waals surface area contributed by atoms with Crippen LogP contribution in [0.3, 0.4) is 0 Å². The normalized spacial score (nSPS) is 10.1. The van der Waals surface area contributed by atoms with Gasteiger partial charge in [0.1, 0.15) is 6.61 Å². The highest BCUT2D eigenvalue weighted by Crippen LogP contribution is 2.14. The number of benzene rings is 1. The molecule has 0 bridgehead atoms. The number of esters is 1. The lowest BCUT2D eigenvalue weighted by molar-refractivity contribution is -0.137. The van der Waals surface area contributed by atoms with Crippen molar-refractivity contribution in [1.29, 1.82) is 0 Å². The minimum Gasteiger partial charge on any atom is -0.461 e. The van der Waals surface area contributed by atoms with Gasteiger partial charge in [0.05, 0.1) is 17.6 Å². The number of aromatic nitrogens is 2. The van der Waals surface area contributed by atoms with Crippen LogP contribution in [0.2, 0.25) is 0 Å². The number of fused-ring (bicyclic) bond motifs is 1. The molecule has 0 saturated carbocycles. The molecule has 8 heteroatoms. The zero-order valence-corrected chi connectivity index (χ0v) is 11.1. The zero-order chi connectivity index (χ0) is 15.2. The highest BCUT2D eigenvalue weighted by molar-refractivity contribution is 5.91. The molecular weight excluding hydrogens is 276 g/mol. The molecule has 2 rings (SSSR count). The molecule has 0 radical (unpaired) electrons. The van der Waals surface area contributed by atoms with Gasteiger partial charge in [-0.05, 0) is 18.2 Å². The highest BCUT2D eigenvalue weighted by Gasteiger charge is 2.04. The smallest absolute Gasteiger partial charge is 0.330 e. The third kappa shape index (κ3) is 3.96. The number of ether oxygens (including phenoxy) is 1. The monoisotopic (exact) mass is 290 g/mol. The first-order chi connectivity index (χ1) is 10.1. The van der Waals surface area contributed by atoms with Gasteiger partial charge in [0, 0.05) is 11.8 Å². The summed E-state index contributed by atoms with van der Waals surface area (Å²) in [6, 6.07) is 4.52. The Morgan fingerprint density at radius 1 is 1.29 bits per heavy atom. The molecule has 0 saturated heterocycles. The summed E-state index contributed by atoms with van der Waals surface area (Å²) in [6.45, 7) is 3.49. The predicted molar refractivity (Wildman–Crippen MR) is 77.1 cm³/mol. The van der Waals surface area contributed by atoms with Crippen LogP contribution < -0.4 is 16.3 Å². The Morgan fingerprint density at radius 3 is 2.81 bits per heavy atom. The zero-order valence-electron chi connectivity index (χ0n) is 11.1. The molecule has 4 N–H and O–H groups in total. The third-order valence-corrected chi connectivity index (χ3v) is 2.57. The van der Waals surface area contributed by atoms with Crippen molar-refractivity contribution >= 4 is 28.7 Å². The van der Waals surface area contributed by atoms with E-state index in [4.69, 9.17) is 4.74 Å². The SMILES string of the molecule is C=CC(=O)OCCNC(=O)Nc1ccc2[nH]c(=O)[nH]c2c1. The van der Waals surface area contributed by atoms with E-state index in [1.807, 2.05) is 0 Å².